The maximum absolute atomic E-state index is 3.84. The summed E-state index contributed by atoms with van der Waals surface area (Å²) in [6.45, 7) is 7.23. The van der Waals surface area contributed by atoms with Crippen molar-refractivity contribution < 1.29 is 0 Å². The fourth-order valence-corrected chi connectivity index (χ4v) is 0.854. The molecule has 0 amide bonds. The third kappa shape index (κ3) is 1.95. The van der Waals surface area contributed by atoms with E-state index in [0.29, 0.717) is 12.8 Å². The molecule has 0 aliphatic carbocycles. The topological polar surface area (TPSA) is 51.6 Å². The molecular formula is C8H10N4. The average molecular weight is 162 g/mol. The summed E-state index contributed by atoms with van der Waals surface area (Å²) in [4.78, 5) is 0. The lowest BCUT2D eigenvalue weighted by molar-refractivity contribution is 0.704. The smallest absolute Gasteiger partial charge is 0.0923 e. The van der Waals surface area contributed by atoms with Crippen molar-refractivity contribution in [2.45, 2.75) is 12.8 Å². The first-order valence-electron chi connectivity index (χ1n) is 3.64. The van der Waals surface area contributed by atoms with Gasteiger partial charge in [-0.05, 0) is 10.4 Å². The first-order chi connectivity index (χ1) is 5.88. The molecule has 0 aromatic carbocycles. The highest BCUT2D eigenvalue weighted by molar-refractivity contribution is 5.12. The van der Waals surface area contributed by atoms with Crippen molar-refractivity contribution in [1.82, 2.24) is 20.6 Å². The Morgan fingerprint density at radius 1 is 0.917 bits per heavy atom. The Morgan fingerprint density at radius 2 is 1.33 bits per heavy atom. The van der Waals surface area contributed by atoms with Crippen LogP contribution in [0, 0.1) is 0 Å². The molecule has 62 valence electrons. The van der Waals surface area contributed by atoms with Crippen LogP contribution in [0.3, 0.4) is 0 Å². The van der Waals surface area contributed by atoms with Crippen molar-refractivity contribution >= 4 is 0 Å². The maximum Gasteiger partial charge on any atom is 0.0923 e. The summed E-state index contributed by atoms with van der Waals surface area (Å²) in [5.74, 6) is 0. The van der Waals surface area contributed by atoms with E-state index in [2.05, 4.69) is 33.8 Å². The Morgan fingerprint density at radius 3 is 1.67 bits per heavy atom. The molecule has 0 aliphatic heterocycles. The predicted octanol–water partition coefficient (Wildman–Crippen LogP) is 0.724. The molecule has 0 saturated carbocycles. The minimum atomic E-state index is 0.672. The fourth-order valence-electron chi connectivity index (χ4n) is 0.854. The molecule has 0 N–H and O–H groups in total. The van der Waals surface area contributed by atoms with Gasteiger partial charge in [0.1, 0.15) is 0 Å². The number of hydrogen-bond acceptors (Lipinski definition) is 4. The lowest BCUT2D eigenvalue weighted by Gasteiger charge is -1.98. The van der Waals surface area contributed by atoms with E-state index in [0.717, 1.165) is 11.4 Å². The fraction of sp³-hybridized carbons (Fsp3) is 0.250. The number of allylic oxidation sites excluding steroid dienone is 2. The van der Waals surface area contributed by atoms with Crippen molar-refractivity contribution in [1.29, 1.82) is 0 Å². The van der Waals surface area contributed by atoms with E-state index in [1.54, 1.807) is 12.2 Å². The summed E-state index contributed by atoms with van der Waals surface area (Å²) in [5, 5.41) is 14.6. The lowest BCUT2D eigenvalue weighted by atomic mass is 10.2. The van der Waals surface area contributed by atoms with Crippen LogP contribution in [-0.4, -0.2) is 20.6 Å². The van der Waals surface area contributed by atoms with Crippen molar-refractivity contribution in [3.8, 4) is 0 Å². The normalized spacial score (nSPS) is 9.33. The van der Waals surface area contributed by atoms with Crippen molar-refractivity contribution in [2.75, 3.05) is 0 Å². The zero-order valence-corrected chi connectivity index (χ0v) is 6.77. The number of rotatable bonds is 4. The van der Waals surface area contributed by atoms with Gasteiger partial charge in [0.05, 0.1) is 11.4 Å². The van der Waals surface area contributed by atoms with Crippen LogP contribution >= 0.6 is 0 Å². The molecular weight excluding hydrogens is 152 g/mol. The van der Waals surface area contributed by atoms with Crippen LogP contribution in [0.1, 0.15) is 11.4 Å². The third-order valence-corrected chi connectivity index (χ3v) is 1.38. The Hall–Kier alpha value is -1.58. The number of nitrogens with zero attached hydrogens (tertiary/aromatic N) is 4. The molecule has 1 heterocycles. The lowest BCUT2D eigenvalue weighted by Crippen LogP contribution is -2.04. The molecule has 12 heavy (non-hydrogen) atoms. The van der Waals surface area contributed by atoms with Gasteiger partial charge in [-0.1, -0.05) is 12.2 Å². The molecule has 0 fully saturated rings. The first-order valence-corrected chi connectivity index (χ1v) is 3.64. The molecule has 0 bridgehead atoms. The van der Waals surface area contributed by atoms with Crippen molar-refractivity contribution in [3.63, 3.8) is 0 Å². The Labute approximate surface area is 71.0 Å². The highest BCUT2D eigenvalue weighted by Gasteiger charge is 2.02. The van der Waals surface area contributed by atoms with Gasteiger partial charge < -0.3 is 0 Å². The minimum absolute atomic E-state index is 0.672. The van der Waals surface area contributed by atoms with Crippen LogP contribution in [0.25, 0.3) is 0 Å². The molecule has 0 radical (unpaired) electrons. The van der Waals surface area contributed by atoms with E-state index in [4.69, 9.17) is 0 Å². The van der Waals surface area contributed by atoms with Gasteiger partial charge in [0.25, 0.3) is 0 Å². The highest BCUT2D eigenvalue weighted by atomic mass is 15.4. The second-order valence-corrected chi connectivity index (χ2v) is 2.26. The molecule has 0 spiro atoms. The molecule has 0 unspecified atom stereocenters. The van der Waals surface area contributed by atoms with Gasteiger partial charge in [0.15, 0.2) is 0 Å². The quantitative estimate of drug-likeness (QED) is 0.612. The SMILES string of the molecule is C=CCc1nnnnc1CC=C. The van der Waals surface area contributed by atoms with Crippen molar-refractivity contribution in [3.05, 3.63) is 36.7 Å². The van der Waals surface area contributed by atoms with Gasteiger partial charge in [0, 0.05) is 12.8 Å². The van der Waals surface area contributed by atoms with Crippen LogP contribution < -0.4 is 0 Å². The monoisotopic (exact) mass is 162 g/mol. The van der Waals surface area contributed by atoms with E-state index >= 15 is 0 Å². The summed E-state index contributed by atoms with van der Waals surface area (Å²) in [6, 6.07) is 0. The van der Waals surface area contributed by atoms with Gasteiger partial charge in [-0.15, -0.1) is 23.4 Å². The summed E-state index contributed by atoms with van der Waals surface area (Å²) >= 11 is 0. The van der Waals surface area contributed by atoms with E-state index in [-0.39, 0.29) is 0 Å². The largest absolute Gasteiger partial charge is 0.131 e. The van der Waals surface area contributed by atoms with Crippen LogP contribution in [0.15, 0.2) is 25.3 Å². The number of aromatic nitrogens is 4. The summed E-state index contributed by atoms with van der Waals surface area (Å²) in [6.07, 6.45) is 4.87. The second-order valence-electron chi connectivity index (χ2n) is 2.26. The third-order valence-electron chi connectivity index (χ3n) is 1.38. The van der Waals surface area contributed by atoms with E-state index in [9.17, 15) is 0 Å². The Bertz CT molecular complexity index is 253. The summed E-state index contributed by atoms with van der Waals surface area (Å²) in [7, 11) is 0. The standard InChI is InChI=1S/C8H10N4/c1-3-5-7-8(6-4-2)10-12-11-9-7/h3-4H,1-2,5-6H2. The number of hydrogen-bond donors (Lipinski definition) is 0. The van der Waals surface area contributed by atoms with E-state index < -0.39 is 0 Å². The van der Waals surface area contributed by atoms with Gasteiger partial charge in [-0.3, -0.25) is 0 Å². The molecule has 1 aromatic rings. The van der Waals surface area contributed by atoms with Crippen LogP contribution in [-0.2, 0) is 12.8 Å². The molecule has 4 heteroatoms. The predicted molar refractivity (Wildman–Crippen MR) is 45.4 cm³/mol. The summed E-state index contributed by atoms with van der Waals surface area (Å²) < 4.78 is 0. The van der Waals surface area contributed by atoms with E-state index in [1.807, 2.05) is 0 Å². The first kappa shape index (κ1) is 8.52. The average Bonchev–Trinajstić information content (AvgIpc) is 2.09. The maximum atomic E-state index is 3.84. The van der Waals surface area contributed by atoms with Crippen LogP contribution in [0.5, 0.6) is 0 Å². The van der Waals surface area contributed by atoms with Crippen molar-refractivity contribution in [2.24, 2.45) is 0 Å². The zero-order valence-electron chi connectivity index (χ0n) is 6.77. The molecule has 1 aromatic heterocycles. The van der Waals surface area contributed by atoms with Gasteiger partial charge >= 0.3 is 0 Å². The Kier molecular flexibility index (Phi) is 3.07. The minimum Gasteiger partial charge on any atom is -0.131 e. The van der Waals surface area contributed by atoms with E-state index in [1.165, 1.54) is 0 Å². The van der Waals surface area contributed by atoms with Gasteiger partial charge in [-0.2, -0.15) is 0 Å². The highest BCUT2D eigenvalue weighted by Crippen LogP contribution is 2.01. The second kappa shape index (κ2) is 4.33. The molecule has 0 saturated heterocycles. The molecule has 1 rings (SSSR count). The summed E-state index contributed by atoms with van der Waals surface area (Å²) in [5.41, 5.74) is 1.64. The van der Waals surface area contributed by atoms with Crippen LogP contribution in [0.2, 0.25) is 0 Å². The van der Waals surface area contributed by atoms with Gasteiger partial charge in [-0.25, -0.2) is 0 Å². The zero-order chi connectivity index (χ0) is 8.81. The van der Waals surface area contributed by atoms with Crippen LogP contribution in [0.4, 0.5) is 0 Å². The Balaban J connectivity index is 2.90. The van der Waals surface area contributed by atoms with Gasteiger partial charge in [0.2, 0.25) is 0 Å². The molecule has 4 nitrogen and oxygen atoms in total. The molecule has 0 atom stereocenters. The molecule has 0 aliphatic rings.